The Balaban J connectivity index is 3.61. The van der Waals surface area contributed by atoms with Crippen molar-refractivity contribution in [1.82, 2.24) is 19.6 Å². The molecule has 16 N–H and O–H groups in total. The number of rotatable bonds is 18. The molecule has 54 heavy (non-hydrogen) atoms. The van der Waals surface area contributed by atoms with Gasteiger partial charge in [0, 0.05) is 104 Å². The van der Waals surface area contributed by atoms with Crippen molar-refractivity contribution in [2.24, 2.45) is 0 Å². The smallest absolute Gasteiger partial charge is 0.369 e. The average molecular weight is 913 g/mol. The summed E-state index contributed by atoms with van der Waals surface area (Å²) < 4.78 is 71.7. The highest BCUT2D eigenvalue weighted by atomic mass is 31.2. The summed E-state index contributed by atoms with van der Waals surface area (Å²) in [6.45, 7) is -0.945. The minimum Gasteiger partial charge on any atom is -0.377 e. The molecule has 1 fully saturated rings. The van der Waals surface area contributed by atoms with Crippen molar-refractivity contribution in [3.05, 3.63) is 0 Å². The summed E-state index contributed by atoms with van der Waals surface area (Å²) >= 11 is 0. The van der Waals surface area contributed by atoms with Gasteiger partial charge in [-0.2, -0.15) is 0 Å². The quantitative estimate of drug-likeness (QED) is 0.0594. The predicted octanol–water partition coefficient (Wildman–Crippen LogP) is -3.46. The third-order valence-corrected chi connectivity index (χ3v) is 20.1. The maximum atomic E-state index is 12.0. The second-order valence-electron chi connectivity index (χ2n) is 13.6. The molecular weight excluding hydrogens is 858 g/mol. The fourth-order valence-electron chi connectivity index (χ4n) is 5.04. The molecule has 1 saturated heterocycles. The molecule has 0 aromatic heterocycles. The zero-order chi connectivity index (χ0) is 42.6. The van der Waals surface area contributed by atoms with Crippen molar-refractivity contribution in [2.45, 2.75) is 60.4 Å². The van der Waals surface area contributed by atoms with Crippen LogP contribution >= 0.6 is 45.6 Å². The highest BCUT2D eigenvalue weighted by Crippen LogP contribution is 2.70. The van der Waals surface area contributed by atoms with Crippen LogP contribution in [0.4, 0.5) is 0 Å². The Bertz CT molecular complexity index is 1380. The minimum absolute atomic E-state index is 0.0196. The van der Waals surface area contributed by atoms with Crippen LogP contribution in [-0.2, 0) is 27.4 Å². The zero-order valence-corrected chi connectivity index (χ0v) is 34.8. The van der Waals surface area contributed by atoms with E-state index in [-0.39, 0.29) is 65.4 Å². The first kappa shape index (κ1) is 52.6. The molecule has 0 aromatic carbocycles. The van der Waals surface area contributed by atoms with E-state index in [4.69, 9.17) is 0 Å². The van der Waals surface area contributed by atoms with Crippen LogP contribution in [0.1, 0.15) is 39.5 Å². The first-order chi connectivity index (χ1) is 23.8. The van der Waals surface area contributed by atoms with E-state index in [2.05, 4.69) is 0 Å². The lowest BCUT2D eigenvalue weighted by atomic mass is 10.2. The highest BCUT2D eigenvalue weighted by molar-refractivity contribution is 7.72. The normalized spacial score (nSPS) is 21.2. The summed E-state index contributed by atoms with van der Waals surface area (Å²) in [5, 5.41) is 29.1. The van der Waals surface area contributed by atoms with Crippen LogP contribution in [0.5, 0.6) is 0 Å². The number of hydrogen-bond acceptors (Lipinski definition) is 14. The van der Waals surface area contributed by atoms with Gasteiger partial charge in [0.1, 0.15) is 0 Å². The largest absolute Gasteiger partial charge is 0.377 e. The van der Waals surface area contributed by atoms with Crippen molar-refractivity contribution < 1.29 is 107 Å². The Morgan fingerprint density at radius 1 is 0.352 bits per heavy atom. The van der Waals surface area contributed by atoms with Crippen molar-refractivity contribution in [3.8, 4) is 0 Å². The Hall–Kier alpha value is 0.580. The third kappa shape index (κ3) is 14.4. The molecule has 0 aliphatic carbocycles. The van der Waals surface area contributed by atoms with Gasteiger partial charge >= 0.3 is 45.6 Å². The first-order valence-corrected chi connectivity index (χ1v) is 25.6. The molecule has 0 amide bonds. The molecule has 0 spiro atoms. The third-order valence-electron chi connectivity index (χ3n) is 9.38. The molecule has 1 heterocycles. The van der Waals surface area contributed by atoms with E-state index in [1.807, 2.05) is 0 Å². The average Bonchev–Trinajstić information content (AvgIpc) is 2.95. The predicted molar refractivity (Wildman–Crippen MR) is 188 cm³/mol. The van der Waals surface area contributed by atoms with E-state index in [1.165, 1.54) is 9.80 Å². The van der Waals surface area contributed by atoms with Crippen molar-refractivity contribution in [3.63, 3.8) is 0 Å². The Labute approximate surface area is 310 Å². The summed E-state index contributed by atoms with van der Waals surface area (Å²) in [4.78, 5) is 121. The molecule has 2 atom stereocenters. The van der Waals surface area contributed by atoms with E-state index >= 15 is 0 Å². The molecule has 26 nitrogen and oxygen atoms in total. The molecule has 0 aromatic rings. The molecule has 1 aliphatic rings. The van der Waals surface area contributed by atoms with Gasteiger partial charge in [-0.05, 0) is 13.8 Å². The maximum Gasteiger partial charge on any atom is 0.369 e. The van der Waals surface area contributed by atoms with Gasteiger partial charge in [-0.1, -0.05) is 0 Å². The van der Waals surface area contributed by atoms with Crippen LogP contribution in [0.15, 0.2) is 0 Å². The lowest BCUT2D eigenvalue weighted by Gasteiger charge is -2.37. The molecule has 32 heteroatoms. The van der Waals surface area contributed by atoms with E-state index < -0.39 is 105 Å². The molecular formula is C22H54N4O22P6. The van der Waals surface area contributed by atoms with E-state index in [1.54, 1.807) is 9.80 Å². The molecule has 1 aliphatic heterocycles. The molecule has 0 bridgehead atoms. The fraction of sp³-hybridized carbons (Fsp3) is 1.00. The summed E-state index contributed by atoms with van der Waals surface area (Å²) in [6, 6.07) is 0. The SMILES string of the molecule is CC(O)(CCN1CCN(CCC(C)(O)P(=O)(O)O)CCN(CCC(O)(P(=O)(O)O)P(=O)(O)O)CCN(CCC(O)(P(=O)(O)O)P(=O)(O)O)CC1)P(=O)(O)O. The monoisotopic (exact) mass is 912 g/mol. The van der Waals surface area contributed by atoms with Gasteiger partial charge < -0.3 is 98.7 Å². The van der Waals surface area contributed by atoms with E-state index in [9.17, 15) is 107 Å². The Morgan fingerprint density at radius 3 is 0.667 bits per heavy atom. The zero-order valence-electron chi connectivity index (χ0n) is 29.4. The molecule has 0 saturated carbocycles. The lowest BCUT2D eigenvalue weighted by molar-refractivity contribution is 0.0633. The van der Waals surface area contributed by atoms with Gasteiger partial charge in [-0.25, -0.2) is 0 Å². The maximum absolute atomic E-state index is 12.0. The molecule has 2 unspecified atom stereocenters. The van der Waals surface area contributed by atoms with Crippen LogP contribution in [0, 0.1) is 0 Å². The molecule has 0 radical (unpaired) electrons. The van der Waals surface area contributed by atoms with Gasteiger partial charge in [0.15, 0.2) is 10.7 Å². The van der Waals surface area contributed by atoms with Gasteiger partial charge in [-0.15, -0.1) is 0 Å². The van der Waals surface area contributed by atoms with Gasteiger partial charge in [0.25, 0.3) is 10.2 Å². The summed E-state index contributed by atoms with van der Waals surface area (Å²) in [7, 11) is -33.7. The molecule has 1 rings (SSSR count). The van der Waals surface area contributed by atoms with Crippen molar-refractivity contribution in [2.75, 3.05) is 78.5 Å². The minimum atomic E-state index is -5.90. The Kier molecular flexibility index (Phi) is 18.4. The van der Waals surface area contributed by atoms with Crippen LogP contribution in [0.2, 0.25) is 0 Å². The van der Waals surface area contributed by atoms with Crippen LogP contribution in [0.25, 0.3) is 0 Å². The summed E-state index contributed by atoms with van der Waals surface area (Å²) in [5.41, 5.74) is 0. The molecule has 324 valence electrons. The van der Waals surface area contributed by atoms with E-state index in [0.717, 1.165) is 13.8 Å². The van der Waals surface area contributed by atoms with Gasteiger partial charge in [0.05, 0.1) is 0 Å². The Morgan fingerprint density at radius 2 is 0.519 bits per heavy atom. The number of nitrogens with zero attached hydrogens (tertiary/aromatic N) is 4. The second kappa shape index (κ2) is 18.9. The number of aliphatic hydroxyl groups is 4. The lowest BCUT2D eigenvalue weighted by Crippen LogP contribution is -2.48. The highest BCUT2D eigenvalue weighted by Gasteiger charge is 2.60. The van der Waals surface area contributed by atoms with Crippen LogP contribution in [-0.4, -0.2) is 198 Å². The van der Waals surface area contributed by atoms with Crippen LogP contribution in [0.3, 0.4) is 0 Å². The van der Waals surface area contributed by atoms with Crippen LogP contribution < -0.4 is 0 Å². The van der Waals surface area contributed by atoms with Crippen molar-refractivity contribution in [1.29, 1.82) is 0 Å². The standard InChI is InChI=1S/C22H54N4O22P6/c1-19(27,49(31,32)33)3-7-23-11-12-24(8-4-20(2,28)50(34,35)36)14-16-26(10-6-22(30,53(43,44)45)54(46,47)48)18-17-25(15-13-23)9-5-21(29,51(37,38)39)52(40,41)42/h27-30H,3-18H2,1-2H3,(H2,31,32,33)(H2,34,35,36)(H2,37,38,39)(H2,40,41,42)(H2,43,44,45)(H2,46,47,48). The summed E-state index contributed by atoms with van der Waals surface area (Å²) in [6.07, 6.45) is -3.43. The van der Waals surface area contributed by atoms with Gasteiger partial charge in [0.2, 0.25) is 0 Å². The fourth-order valence-corrected chi connectivity index (χ4v) is 10.1. The first-order valence-electron chi connectivity index (χ1n) is 15.9. The second-order valence-corrected chi connectivity index (χ2v) is 25.7. The summed E-state index contributed by atoms with van der Waals surface area (Å²) in [5.74, 6) is 0. The van der Waals surface area contributed by atoms with Gasteiger partial charge in [-0.3, -0.25) is 27.4 Å². The van der Waals surface area contributed by atoms with E-state index in [0.29, 0.717) is 0 Å². The topological polar surface area (TPSA) is 439 Å². The van der Waals surface area contributed by atoms with Crippen molar-refractivity contribution >= 4 is 45.6 Å². The number of hydrogen-bond donors (Lipinski definition) is 16.